The van der Waals surface area contributed by atoms with Gasteiger partial charge in [-0.2, -0.15) is 0 Å². The van der Waals surface area contributed by atoms with Crippen molar-refractivity contribution in [3.63, 3.8) is 0 Å². The molecule has 0 N–H and O–H groups in total. The first-order valence-electron chi connectivity index (χ1n) is 5.15. The zero-order valence-corrected chi connectivity index (χ0v) is 11.1. The molecule has 2 aliphatic rings. The SMILES string of the molecule is C=C1CCCCCCC12CC2(Br)Br. The fourth-order valence-electron chi connectivity index (χ4n) is 2.52. The molecule has 0 amide bonds. The Kier molecular flexibility index (Phi) is 2.65. The van der Waals surface area contributed by atoms with E-state index in [0.717, 1.165) is 0 Å². The van der Waals surface area contributed by atoms with E-state index in [-0.39, 0.29) is 3.23 Å². The van der Waals surface area contributed by atoms with Gasteiger partial charge in [0, 0.05) is 5.41 Å². The van der Waals surface area contributed by atoms with Crippen LogP contribution in [0.2, 0.25) is 0 Å². The Morgan fingerprint density at radius 2 is 1.69 bits per heavy atom. The molecule has 0 aromatic carbocycles. The predicted molar refractivity (Wildman–Crippen MR) is 64.5 cm³/mol. The number of hydrogen-bond acceptors (Lipinski definition) is 0. The first-order chi connectivity index (χ1) is 6.08. The van der Waals surface area contributed by atoms with E-state index in [1.807, 2.05) is 0 Å². The minimum Gasteiger partial charge on any atom is -0.0992 e. The van der Waals surface area contributed by atoms with Gasteiger partial charge in [-0.05, 0) is 25.7 Å². The van der Waals surface area contributed by atoms with Gasteiger partial charge in [0.1, 0.15) is 0 Å². The molecule has 13 heavy (non-hydrogen) atoms. The van der Waals surface area contributed by atoms with Crippen molar-refractivity contribution in [3.8, 4) is 0 Å². The molecule has 0 aromatic rings. The molecule has 0 radical (unpaired) electrons. The molecule has 1 unspecified atom stereocenters. The monoisotopic (exact) mass is 306 g/mol. The third-order valence-corrected chi connectivity index (χ3v) is 5.69. The van der Waals surface area contributed by atoms with Crippen LogP contribution in [0.15, 0.2) is 12.2 Å². The third-order valence-electron chi connectivity index (χ3n) is 3.61. The normalized spacial score (nSPS) is 38.5. The van der Waals surface area contributed by atoms with Crippen LogP contribution in [-0.2, 0) is 0 Å². The minimum atomic E-state index is 0.196. The topological polar surface area (TPSA) is 0 Å². The zero-order chi connectivity index (χ0) is 9.53. The van der Waals surface area contributed by atoms with Crippen molar-refractivity contribution in [1.29, 1.82) is 0 Å². The van der Waals surface area contributed by atoms with Crippen LogP contribution in [0.1, 0.15) is 44.9 Å². The molecular formula is C11H16Br2. The van der Waals surface area contributed by atoms with Gasteiger partial charge in [0.15, 0.2) is 0 Å². The van der Waals surface area contributed by atoms with Crippen LogP contribution in [-0.4, -0.2) is 3.23 Å². The molecule has 2 rings (SSSR count). The van der Waals surface area contributed by atoms with Gasteiger partial charge in [-0.15, -0.1) is 0 Å². The van der Waals surface area contributed by atoms with Crippen LogP contribution in [0.25, 0.3) is 0 Å². The average molecular weight is 308 g/mol. The fraction of sp³-hybridized carbons (Fsp3) is 0.818. The molecule has 0 bridgehead atoms. The summed E-state index contributed by atoms with van der Waals surface area (Å²) < 4.78 is 0.196. The predicted octanol–water partition coefficient (Wildman–Crippen LogP) is 4.77. The summed E-state index contributed by atoms with van der Waals surface area (Å²) in [7, 11) is 0. The van der Waals surface area contributed by atoms with E-state index in [1.54, 1.807) is 0 Å². The summed E-state index contributed by atoms with van der Waals surface area (Å²) >= 11 is 7.52. The smallest absolute Gasteiger partial charge is 0.0908 e. The minimum absolute atomic E-state index is 0.196. The second-order valence-corrected chi connectivity index (χ2v) is 8.25. The van der Waals surface area contributed by atoms with Crippen LogP contribution in [0.3, 0.4) is 0 Å². The van der Waals surface area contributed by atoms with Crippen molar-refractivity contribution in [3.05, 3.63) is 12.2 Å². The summed E-state index contributed by atoms with van der Waals surface area (Å²) in [6, 6.07) is 0. The highest BCUT2D eigenvalue weighted by Crippen LogP contribution is 2.72. The first-order valence-corrected chi connectivity index (χ1v) is 6.73. The van der Waals surface area contributed by atoms with Crippen molar-refractivity contribution < 1.29 is 0 Å². The maximum absolute atomic E-state index is 4.27. The van der Waals surface area contributed by atoms with Crippen molar-refractivity contribution in [2.75, 3.05) is 0 Å². The summed E-state index contributed by atoms with van der Waals surface area (Å²) in [4.78, 5) is 0. The second kappa shape index (κ2) is 3.37. The summed E-state index contributed by atoms with van der Waals surface area (Å²) in [5, 5.41) is 0. The van der Waals surface area contributed by atoms with Gasteiger partial charge in [0.05, 0.1) is 3.23 Å². The molecule has 1 spiro atoms. The number of halogens is 2. The Labute approximate surface area is 97.4 Å². The van der Waals surface area contributed by atoms with E-state index >= 15 is 0 Å². The van der Waals surface area contributed by atoms with Crippen LogP contribution < -0.4 is 0 Å². The van der Waals surface area contributed by atoms with Crippen molar-refractivity contribution in [2.24, 2.45) is 5.41 Å². The van der Waals surface area contributed by atoms with E-state index in [2.05, 4.69) is 38.4 Å². The Bertz CT molecular complexity index is 232. The number of rotatable bonds is 0. The van der Waals surface area contributed by atoms with Gasteiger partial charge < -0.3 is 0 Å². The Hall–Kier alpha value is 0.700. The Morgan fingerprint density at radius 3 is 2.31 bits per heavy atom. The lowest BCUT2D eigenvalue weighted by Gasteiger charge is -2.24. The van der Waals surface area contributed by atoms with Gasteiger partial charge in [-0.3, -0.25) is 0 Å². The van der Waals surface area contributed by atoms with Gasteiger partial charge in [0.2, 0.25) is 0 Å². The third kappa shape index (κ3) is 1.65. The lowest BCUT2D eigenvalue weighted by Crippen LogP contribution is -2.13. The molecule has 1 atom stereocenters. The van der Waals surface area contributed by atoms with Gasteiger partial charge in [-0.1, -0.05) is 63.3 Å². The fourth-order valence-corrected chi connectivity index (χ4v) is 4.44. The molecule has 2 fully saturated rings. The van der Waals surface area contributed by atoms with Crippen LogP contribution in [0.4, 0.5) is 0 Å². The standard InChI is InChI=1S/C11H16Br2/c1-9-6-4-2-3-5-7-10(9)8-11(10,12)13/h1-8H2. The van der Waals surface area contributed by atoms with E-state index < -0.39 is 0 Å². The quantitative estimate of drug-likeness (QED) is 0.446. The number of allylic oxidation sites excluding steroid dienone is 1. The second-order valence-electron chi connectivity index (χ2n) is 4.48. The molecule has 0 aromatic heterocycles. The van der Waals surface area contributed by atoms with Crippen LogP contribution >= 0.6 is 31.9 Å². The lowest BCUT2D eigenvalue weighted by atomic mass is 9.85. The Balaban J connectivity index is 2.12. The van der Waals surface area contributed by atoms with Crippen molar-refractivity contribution >= 4 is 31.9 Å². The molecule has 2 heteroatoms. The van der Waals surface area contributed by atoms with Crippen molar-refractivity contribution in [2.45, 2.75) is 48.2 Å². The van der Waals surface area contributed by atoms with Gasteiger partial charge in [0.25, 0.3) is 0 Å². The molecule has 2 aliphatic carbocycles. The molecule has 0 saturated heterocycles. The summed E-state index contributed by atoms with van der Waals surface area (Å²) in [6.45, 7) is 4.27. The van der Waals surface area contributed by atoms with E-state index in [0.29, 0.717) is 5.41 Å². The Morgan fingerprint density at radius 1 is 1.08 bits per heavy atom. The molecule has 0 aliphatic heterocycles. The average Bonchev–Trinajstić information content (AvgIpc) is 2.59. The van der Waals surface area contributed by atoms with Crippen LogP contribution in [0, 0.1) is 5.41 Å². The molecule has 2 saturated carbocycles. The highest BCUT2D eigenvalue weighted by molar-refractivity contribution is 9.25. The molecule has 0 nitrogen and oxygen atoms in total. The maximum atomic E-state index is 4.27. The summed E-state index contributed by atoms with van der Waals surface area (Å²) in [6.07, 6.45) is 9.31. The summed E-state index contributed by atoms with van der Waals surface area (Å²) in [5.74, 6) is 0. The van der Waals surface area contributed by atoms with Gasteiger partial charge >= 0.3 is 0 Å². The lowest BCUT2D eigenvalue weighted by molar-refractivity contribution is 0.447. The maximum Gasteiger partial charge on any atom is 0.0908 e. The zero-order valence-electron chi connectivity index (χ0n) is 7.91. The highest BCUT2D eigenvalue weighted by Gasteiger charge is 2.65. The van der Waals surface area contributed by atoms with E-state index in [1.165, 1.54) is 50.5 Å². The summed E-state index contributed by atoms with van der Waals surface area (Å²) in [5.41, 5.74) is 1.87. The molecule has 74 valence electrons. The van der Waals surface area contributed by atoms with Crippen molar-refractivity contribution in [1.82, 2.24) is 0 Å². The van der Waals surface area contributed by atoms with Gasteiger partial charge in [-0.25, -0.2) is 0 Å². The number of hydrogen-bond donors (Lipinski definition) is 0. The highest BCUT2D eigenvalue weighted by atomic mass is 79.9. The number of alkyl halides is 2. The molecular weight excluding hydrogens is 292 g/mol. The van der Waals surface area contributed by atoms with E-state index in [9.17, 15) is 0 Å². The largest absolute Gasteiger partial charge is 0.0992 e. The van der Waals surface area contributed by atoms with E-state index in [4.69, 9.17) is 0 Å². The molecule has 0 heterocycles. The first kappa shape index (κ1) is 10.2. The van der Waals surface area contributed by atoms with Crippen LogP contribution in [0.5, 0.6) is 0 Å².